The molecule has 0 fully saturated rings. The number of aliphatic imine (C=N–C) groups is 1. The Kier molecular flexibility index (Phi) is 5.50. The number of non-ortho nitro benzene ring substituents is 1. The zero-order valence-electron chi connectivity index (χ0n) is 13.1. The maximum Gasteiger partial charge on any atom is 0.270 e. The van der Waals surface area contributed by atoms with Crippen molar-refractivity contribution < 1.29 is 9.72 Å². The van der Waals surface area contributed by atoms with E-state index in [1.54, 1.807) is 11.0 Å². The van der Waals surface area contributed by atoms with Crippen LogP contribution in [0.2, 0.25) is 0 Å². The Morgan fingerprint density at radius 2 is 2.04 bits per heavy atom. The van der Waals surface area contributed by atoms with E-state index < -0.39 is 4.92 Å². The van der Waals surface area contributed by atoms with Crippen LogP contribution >= 0.6 is 27.7 Å². The Labute approximate surface area is 157 Å². The van der Waals surface area contributed by atoms with Gasteiger partial charge in [-0.15, -0.1) is 0 Å². The van der Waals surface area contributed by atoms with Crippen molar-refractivity contribution in [1.82, 2.24) is 4.90 Å². The third kappa shape index (κ3) is 4.26. The first-order valence-corrected chi connectivity index (χ1v) is 9.30. The van der Waals surface area contributed by atoms with Crippen molar-refractivity contribution in [2.75, 3.05) is 13.1 Å². The van der Waals surface area contributed by atoms with E-state index in [-0.39, 0.29) is 11.6 Å². The fraction of sp³-hybridized carbons (Fsp3) is 0.176. The van der Waals surface area contributed by atoms with Crippen LogP contribution in [-0.2, 0) is 5.75 Å². The highest BCUT2D eigenvalue weighted by Gasteiger charge is 2.26. The highest BCUT2D eigenvalue weighted by molar-refractivity contribution is 9.10. The molecular formula is C17H14BrN3O3S. The molecule has 1 heterocycles. The molecule has 0 radical (unpaired) electrons. The first-order valence-electron chi connectivity index (χ1n) is 7.52. The number of amides is 1. The van der Waals surface area contributed by atoms with Gasteiger partial charge in [0.15, 0.2) is 5.17 Å². The number of benzene rings is 2. The number of thioether (sulfide) groups is 1. The smallest absolute Gasteiger partial charge is 0.270 e. The third-order valence-electron chi connectivity index (χ3n) is 3.63. The Bertz CT molecular complexity index is 839. The van der Waals surface area contributed by atoms with Crippen LogP contribution in [0.5, 0.6) is 0 Å². The molecule has 1 aliphatic rings. The van der Waals surface area contributed by atoms with Gasteiger partial charge in [-0.05, 0) is 23.8 Å². The third-order valence-corrected chi connectivity index (χ3v) is 5.25. The van der Waals surface area contributed by atoms with Crippen molar-refractivity contribution in [3.63, 3.8) is 0 Å². The maximum atomic E-state index is 12.7. The molecular weight excluding hydrogens is 406 g/mol. The topological polar surface area (TPSA) is 75.8 Å². The number of amidine groups is 1. The van der Waals surface area contributed by atoms with Crippen LogP contribution in [0.4, 0.5) is 5.69 Å². The normalized spacial score (nSPS) is 13.6. The van der Waals surface area contributed by atoms with Gasteiger partial charge in [0.05, 0.1) is 11.5 Å². The number of carbonyl (C=O) groups is 1. The van der Waals surface area contributed by atoms with Gasteiger partial charge < -0.3 is 0 Å². The Balaban J connectivity index is 1.70. The summed E-state index contributed by atoms with van der Waals surface area (Å²) in [7, 11) is 0. The standard InChI is InChI=1S/C17H14BrN3O3S/c18-14-6-4-12(5-7-14)11-25-17-19-8-9-20(17)16(22)13-2-1-3-15(10-13)21(23)24/h1-7,10H,8-9,11H2. The summed E-state index contributed by atoms with van der Waals surface area (Å²) < 4.78 is 1.02. The average Bonchev–Trinajstić information content (AvgIpc) is 3.09. The predicted octanol–water partition coefficient (Wildman–Crippen LogP) is 4.10. The lowest BCUT2D eigenvalue weighted by atomic mass is 10.2. The van der Waals surface area contributed by atoms with Gasteiger partial charge in [0, 0.05) is 34.5 Å². The molecule has 1 aliphatic heterocycles. The molecule has 1 amide bonds. The van der Waals surface area contributed by atoms with E-state index in [9.17, 15) is 14.9 Å². The fourth-order valence-electron chi connectivity index (χ4n) is 2.38. The number of carbonyl (C=O) groups excluding carboxylic acids is 1. The monoisotopic (exact) mass is 419 g/mol. The summed E-state index contributed by atoms with van der Waals surface area (Å²) in [5, 5.41) is 11.5. The SMILES string of the molecule is O=C(c1cccc([N+](=O)[O-])c1)N1CCN=C1SCc1ccc(Br)cc1. The van der Waals surface area contributed by atoms with Crippen LogP contribution in [0.3, 0.4) is 0 Å². The van der Waals surface area contributed by atoms with Gasteiger partial charge in [-0.1, -0.05) is 45.9 Å². The molecule has 0 spiro atoms. The van der Waals surface area contributed by atoms with E-state index in [1.165, 1.54) is 30.0 Å². The highest BCUT2D eigenvalue weighted by Crippen LogP contribution is 2.23. The molecule has 0 saturated carbocycles. The van der Waals surface area contributed by atoms with Gasteiger partial charge in [-0.25, -0.2) is 0 Å². The lowest BCUT2D eigenvalue weighted by Gasteiger charge is -2.17. The molecule has 0 N–H and O–H groups in total. The van der Waals surface area contributed by atoms with Gasteiger partial charge in [0.1, 0.15) is 0 Å². The summed E-state index contributed by atoms with van der Waals surface area (Å²) in [5.74, 6) is 0.438. The molecule has 0 bridgehead atoms. The molecule has 3 rings (SSSR count). The Morgan fingerprint density at radius 3 is 2.76 bits per heavy atom. The highest BCUT2D eigenvalue weighted by atomic mass is 79.9. The largest absolute Gasteiger partial charge is 0.286 e. The molecule has 0 unspecified atom stereocenters. The summed E-state index contributed by atoms with van der Waals surface area (Å²) in [5.41, 5.74) is 1.34. The average molecular weight is 420 g/mol. The lowest BCUT2D eigenvalue weighted by Crippen LogP contribution is -2.32. The predicted molar refractivity (Wildman–Crippen MR) is 102 cm³/mol. The summed E-state index contributed by atoms with van der Waals surface area (Å²) >= 11 is 4.89. The lowest BCUT2D eigenvalue weighted by molar-refractivity contribution is -0.384. The molecule has 25 heavy (non-hydrogen) atoms. The second-order valence-corrected chi connectivity index (χ2v) is 7.20. The van der Waals surface area contributed by atoms with Crippen LogP contribution in [0.25, 0.3) is 0 Å². The quantitative estimate of drug-likeness (QED) is 0.551. The van der Waals surface area contributed by atoms with E-state index in [0.717, 1.165) is 10.0 Å². The number of hydrogen-bond donors (Lipinski definition) is 0. The number of halogens is 1. The molecule has 0 atom stereocenters. The summed E-state index contributed by atoms with van der Waals surface area (Å²) in [4.78, 5) is 29.1. The van der Waals surface area contributed by atoms with Crippen molar-refractivity contribution in [1.29, 1.82) is 0 Å². The Hall–Kier alpha value is -2.19. The molecule has 2 aromatic carbocycles. The minimum absolute atomic E-state index is 0.0916. The van der Waals surface area contributed by atoms with Crippen molar-refractivity contribution in [3.8, 4) is 0 Å². The van der Waals surface area contributed by atoms with E-state index in [4.69, 9.17) is 0 Å². The number of hydrogen-bond acceptors (Lipinski definition) is 5. The van der Waals surface area contributed by atoms with Crippen LogP contribution in [0, 0.1) is 10.1 Å². The molecule has 128 valence electrons. The zero-order valence-corrected chi connectivity index (χ0v) is 15.5. The number of nitrogens with zero attached hydrogens (tertiary/aromatic N) is 3. The van der Waals surface area contributed by atoms with Crippen molar-refractivity contribution in [3.05, 3.63) is 74.2 Å². The first-order chi connectivity index (χ1) is 12.0. The molecule has 2 aromatic rings. The maximum absolute atomic E-state index is 12.7. The second-order valence-electron chi connectivity index (χ2n) is 5.34. The summed E-state index contributed by atoms with van der Waals surface area (Å²) in [6.07, 6.45) is 0. The fourth-order valence-corrected chi connectivity index (χ4v) is 3.64. The van der Waals surface area contributed by atoms with Crippen molar-refractivity contribution >= 4 is 44.5 Å². The van der Waals surface area contributed by atoms with Crippen molar-refractivity contribution in [2.24, 2.45) is 4.99 Å². The summed E-state index contributed by atoms with van der Waals surface area (Å²) in [6, 6.07) is 13.8. The van der Waals surface area contributed by atoms with Gasteiger partial charge in [-0.2, -0.15) is 0 Å². The second kappa shape index (κ2) is 7.79. The van der Waals surface area contributed by atoms with Crippen molar-refractivity contribution in [2.45, 2.75) is 5.75 Å². The molecule has 0 aliphatic carbocycles. The van der Waals surface area contributed by atoms with Crippen LogP contribution < -0.4 is 0 Å². The molecule has 8 heteroatoms. The van der Waals surface area contributed by atoms with Crippen LogP contribution in [0.15, 0.2) is 58.0 Å². The number of nitro benzene ring substituents is 1. The minimum Gasteiger partial charge on any atom is -0.286 e. The van der Waals surface area contributed by atoms with Gasteiger partial charge in [-0.3, -0.25) is 24.8 Å². The van der Waals surface area contributed by atoms with E-state index >= 15 is 0 Å². The summed E-state index contributed by atoms with van der Waals surface area (Å²) in [6.45, 7) is 1.04. The van der Waals surface area contributed by atoms with E-state index in [2.05, 4.69) is 20.9 Å². The number of rotatable bonds is 4. The van der Waals surface area contributed by atoms with Gasteiger partial charge in [0.25, 0.3) is 11.6 Å². The molecule has 0 saturated heterocycles. The Morgan fingerprint density at radius 1 is 1.28 bits per heavy atom. The van der Waals surface area contributed by atoms with E-state index in [0.29, 0.717) is 29.6 Å². The van der Waals surface area contributed by atoms with Crippen LogP contribution in [0.1, 0.15) is 15.9 Å². The van der Waals surface area contributed by atoms with Crippen LogP contribution in [-0.4, -0.2) is 34.0 Å². The van der Waals surface area contributed by atoms with E-state index in [1.807, 2.05) is 24.3 Å². The zero-order chi connectivity index (χ0) is 17.8. The molecule has 0 aromatic heterocycles. The number of nitro groups is 1. The first kappa shape index (κ1) is 17.6. The van der Waals surface area contributed by atoms with Gasteiger partial charge in [0.2, 0.25) is 0 Å². The minimum atomic E-state index is -0.502. The molecule has 6 nitrogen and oxygen atoms in total. The van der Waals surface area contributed by atoms with Gasteiger partial charge >= 0.3 is 0 Å².